The van der Waals surface area contributed by atoms with E-state index in [0.29, 0.717) is 28.8 Å². The number of aromatic amines is 1. The summed E-state index contributed by atoms with van der Waals surface area (Å²) in [6, 6.07) is -4.36. The fourth-order valence-corrected chi connectivity index (χ4v) is 11.5. The van der Waals surface area contributed by atoms with Gasteiger partial charge in [0, 0.05) is 66.6 Å². The Labute approximate surface area is 537 Å². The maximum absolute atomic E-state index is 15.2. The second kappa shape index (κ2) is 35.3. The van der Waals surface area contributed by atoms with Gasteiger partial charge in [-0.2, -0.15) is 0 Å². The smallest absolute Gasteiger partial charge is 0.404 e. The summed E-state index contributed by atoms with van der Waals surface area (Å²) in [6.45, 7) is 10.2. The molecule has 0 spiro atoms. The number of ether oxygens (including phenoxy) is 5. The molecule has 17 atom stereocenters. The molecule has 34 nitrogen and oxygen atoms in total. The number of hydrogen-bond acceptors (Lipinski definition) is 28. The summed E-state index contributed by atoms with van der Waals surface area (Å²) >= 11 is 2.58. The van der Waals surface area contributed by atoms with Gasteiger partial charge in [0.25, 0.3) is 11.8 Å². The van der Waals surface area contributed by atoms with Crippen LogP contribution in [0.15, 0.2) is 23.3 Å². The number of hydrogen-bond donors (Lipinski definition) is 17. The van der Waals surface area contributed by atoms with Crippen LogP contribution in [0, 0.1) is 18.8 Å². The second-order valence-electron chi connectivity index (χ2n) is 22.6. The van der Waals surface area contributed by atoms with Crippen LogP contribution in [-0.4, -0.2) is 228 Å². The SMILES string of the molecule is Cc1c(N)nc([C@@H](C)CC(N)=O)nc1C(=O)N[C@H](C(=O)N[C@H](C)[C@@H](C)[C@H](C)C(=O)N[C@H](C(=O)NCCc1nc(-c2nc(C(=O)NCCCNCCCCN)cs2)cs1)[C@@H](C)O)[C@@H](O[C@@H]1O[C@@H](CO)[C@@H](O)[C@H](O)[C@@H]1O[C@H]1O[C@H](CO)C[C@H](OC(N)=O)[C@@H]1O)c1cnc[nH]1. The van der Waals surface area contributed by atoms with Crippen molar-refractivity contribution in [1.29, 1.82) is 0 Å². The number of nitrogens with one attached hydrogen (secondary N) is 7. The predicted octanol–water partition coefficient (Wildman–Crippen LogP) is -3.29. The molecule has 4 aromatic heterocycles. The molecule has 7 amide bonds. The molecule has 0 radical (unpaired) electrons. The number of carbonyl (C=O) groups is 7. The van der Waals surface area contributed by atoms with E-state index in [4.69, 9.17) is 46.6 Å². The summed E-state index contributed by atoms with van der Waals surface area (Å²) in [7, 11) is 0. The molecule has 6 rings (SSSR count). The normalized spacial score (nSPS) is 23.3. The molecule has 0 aliphatic carbocycles. The highest BCUT2D eigenvalue weighted by Gasteiger charge is 2.52. The molecular formula is C56H86N16O18S2. The van der Waals surface area contributed by atoms with Crippen molar-refractivity contribution < 1.29 is 87.9 Å². The number of nitrogen functional groups attached to an aromatic ring is 1. The first-order valence-corrected chi connectivity index (χ1v) is 31.7. The first-order chi connectivity index (χ1) is 43.8. The average molecular weight is 1340 g/mol. The molecule has 2 saturated heterocycles. The Kier molecular flexibility index (Phi) is 28.4. The van der Waals surface area contributed by atoms with Crippen molar-refractivity contribution >= 4 is 70.0 Å². The minimum atomic E-state index is -2.05. The van der Waals surface area contributed by atoms with Gasteiger partial charge in [-0.3, -0.25) is 28.8 Å². The molecule has 2 aliphatic heterocycles. The lowest BCUT2D eigenvalue weighted by molar-refractivity contribution is -0.364. The van der Waals surface area contributed by atoms with Crippen LogP contribution in [-0.2, 0) is 49.3 Å². The van der Waals surface area contributed by atoms with Gasteiger partial charge in [-0.15, -0.1) is 22.7 Å². The van der Waals surface area contributed by atoms with E-state index in [-0.39, 0.29) is 66.0 Å². The van der Waals surface area contributed by atoms with Crippen LogP contribution in [0.3, 0.4) is 0 Å². The van der Waals surface area contributed by atoms with Gasteiger partial charge in [-0.25, -0.2) is 29.7 Å². The lowest BCUT2D eigenvalue weighted by Crippen LogP contribution is -2.63. The van der Waals surface area contributed by atoms with Crippen molar-refractivity contribution in [2.75, 3.05) is 51.7 Å². The molecule has 2 fully saturated rings. The number of rotatable bonds is 35. The summed E-state index contributed by atoms with van der Waals surface area (Å²) in [5, 5.41) is 86.8. The molecule has 0 aromatic carbocycles. The molecule has 0 bridgehead atoms. The van der Waals surface area contributed by atoms with Gasteiger partial charge in [0.1, 0.15) is 88.5 Å². The molecular weight excluding hydrogens is 1250 g/mol. The van der Waals surface area contributed by atoms with Crippen molar-refractivity contribution in [2.45, 2.75) is 172 Å². The standard InChI is InChI=1S/C56H86N16O18S2/c1-24(16-36(58)76)47-69-38(27(4)46(59)72-47)51(83)71-40(44(31-18-62-23-65-31)89-55-45(43(79)41(77)35(20-74)87-55)90-54-42(78)34(88-56(60)85)17-30(19-73)86-54)52(84)66-28(5)25(2)26(3)48(80)70-39(29(6)75)50(82)64-15-10-37-67-33(22-91-37)53-68-32(21-92-53)49(81)63-14-9-13-61-12-8-7-11-57/h18,21-26,28-30,34-35,39-45,54-55,61,73-75,77-79H,7-17,19-20,57H2,1-6H3,(H2,58,76)(H2,60,85)(H,62,65)(H,63,81)(H,64,82)(H,66,84)(H,70,80)(H,71,83)(H2,59,69,72)/t24-,25-,26-,28+,29+,30-,34-,35-,39-,40-,41+,42-,43-,44-,45-,54+,55-/m0/s1. The highest BCUT2D eigenvalue weighted by atomic mass is 32.1. The maximum Gasteiger partial charge on any atom is 0.404 e. The number of primary amides is 2. The van der Waals surface area contributed by atoms with Crippen LogP contribution in [0.1, 0.15) is 122 Å². The van der Waals surface area contributed by atoms with Crippen molar-refractivity contribution in [2.24, 2.45) is 29.0 Å². The Morgan fingerprint density at radius 3 is 2.20 bits per heavy atom. The Balaban J connectivity index is 1.18. The number of imidazole rings is 1. The molecule has 0 saturated carbocycles. The number of aliphatic hydroxyl groups is 6. The minimum absolute atomic E-state index is 0.0449. The molecule has 510 valence electrons. The number of aromatic nitrogens is 6. The van der Waals surface area contributed by atoms with Crippen LogP contribution < -0.4 is 54.8 Å². The fraction of sp³-hybridized carbons (Fsp3) is 0.643. The molecule has 92 heavy (non-hydrogen) atoms. The van der Waals surface area contributed by atoms with E-state index in [9.17, 15) is 59.4 Å². The third-order valence-corrected chi connectivity index (χ3v) is 17.4. The quantitative estimate of drug-likeness (QED) is 0.0201. The zero-order valence-electron chi connectivity index (χ0n) is 51.8. The summed E-state index contributed by atoms with van der Waals surface area (Å²) in [6.07, 6.45) is -15.4. The molecule has 4 aromatic rings. The number of amides is 7. The van der Waals surface area contributed by atoms with E-state index in [2.05, 4.69) is 61.8 Å². The van der Waals surface area contributed by atoms with E-state index < -0.39 is 152 Å². The van der Waals surface area contributed by atoms with Crippen LogP contribution in [0.2, 0.25) is 0 Å². The van der Waals surface area contributed by atoms with Gasteiger partial charge < -0.3 is 114 Å². The Hall–Kier alpha value is -7.04. The van der Waals surface area contributed by atoms with E-state index in [0.717, 1.165) is 32.4 Å². The van der Waals surface area contributed by atoms with Crippen LogP contribution in [0.4, 0.5) is 10.6 Å². The van der Waals surface area contributed by atoms with Gasteiger partial charge in [-0.1, -0.05) is 20.8 Å². The minimum Gasteiger partial charge on any atom is -0.443 e. The van der Waals surface area contributed by atoms with Gasteiger partial charge in [0.05, 0.1) is 48.6 Å². The van der Waals surface area contributed by atoms with Crippen LogP contribution in [0.25, 0.3) is 10.7 Å². The van der Waals surface area contributed by atoms with Crippen molar-refractivity contribution in [1.82, 2.24) is 61.8 Å². The summed E-state index contributed by atoms with van der Waals surface area (Å²) in [4.78, 5) is 119. The van der Waals surface area contributed by atoms with Gasteiger partial charge >= 0.3 is 6.09 Å². The highest BCUT2D eigenvalue weighted by Crippen LogP contribution is 2.35. The first kappa shape index (κ1) is 74.0. The number of H-pyrrole nitrogens is 1. The largest absolute Gasteiger partial charge is 0.443 e. The van der Waals surface area contributed by atoms with Crippen LogP contribution >= 0.6 is 22.7 Å². The third kappa shape index (κ3) is 20.2. The summed E-state index contributed by atoms with van der Waals surface area (Å²) in [5.41, 5.74) is 22.9. The van der Waals surface area contributed by atoms with Gasteiger partial charge in [0.15, 0.2) is 12.6 Å². The van der Waals surface area contributed by atoms with E-state index >= 15 is 4.79 Å². The number of nitrogens with two attached hydrogens (primary N) is 4. The molecule has 21 N–H and O–H groups in total. The van der Waals surface area contributed by atoms with Crippen molar-refractivity contribution in [3.63, 3.8) is 0 Å². The topological polar surface area (TPSA) is 544 Å². The highest BCUT2D eigenvalue weighted by molar-refractivity contribution is 7.14. The van der Waals surface area contributed by atoms with E-state index in [1.54, 1.807) is 31.5 Å². The number of unbranched alkanes of at least 4 members (excludes halogenated alkanes) is 1. The second-order valence-corrected chi connectivity index (χ2v) is 24.4. The van der Waals surface area contributed by atoms with Crippen LogP contribution in [0.5, 0.6) is 0 Å². The lowest BCUT2D eigenvalue weighted by Gasteiger charge is -2.46. The Morgan fingerprint density at radius 1 is 0.793 bits per heavy atom. The zero-order valence-corrected chi connectivity index (χ0v) is 53.4. The molecule has 0 unspecified atom stereocenters. The Bertz CT molecular complexity index is 3070. The number of thiazole rings is 2. The van der Waals surface area contributed by atoms with Gasteiger partial charge in [-0.05, 0) is 65.6 Å². The summed E-state index contributed by atoms with van der Waals surface area (Å²) < 4.78 is 29.3. The van der Waals surface area contributed by atoms with Crippen molar-refractivity contribution in [3.8, 4) is 10.7 Å². The zero-order chi connectivity index (χ0) is 67.5. The number of aliphatic hydroxyl groups excluding tert-OH is 6. The fourth-order valence-electron chi connectivity index (χ4n) is 9.89. The average Bonchev–Trinajstić information content (AvgIpc) is 0.891. The van der Waals surface area contributed by atoms with E-state index in [1.807, 2.05) is 0 Å². The van der Waals surface area contributed by atoms with E-state index in [1.165, 1.54) is 56.0 Å². The van der Waals surface area contributed by atoms with Gasteiger partial charge in [0.2, 0.25) is 23.6 Å². The summed E-state index contributed by atoms with van der Waals surface area (Å²) in [5.74, 6) is -7.24. The molecule has 2 aliphatic rings. The Morgan fingerprint density at radius 2 is 1.53 bits per heavy atom. The predicted molar refractivity (Wildman–Crippen MR) is 328 cm³/mol. The third-order valence-electron chi connectivity index (χ3n) is 15.6. The van der Waals surface area contributed by atoms with Crippen molar-refractivity contribution in [3.05, 3.63) is 56.8 Å². The molecule has 36 heteroatoms. The number of anilines is 1. The maximum atomic E-state index is 15.2. The number of carbonyl (C=O) groups excluding carboxylic acids is 7. The number of nitrogens with zero attached hydrogens (tertiary/aromatic N) is 5. The first-order valence-electron chi connectivity index (χ1n) is 30.0. The monoisotopic (exact) mass is 1330 g/mol. The molecule has 6 heterocycles. The lowest BCUT2D eigenvalue weighted by atomic mass is 9.88.